The third-order valence-electron chi connectivity index (χ3n) is 3.74. The van der Waals surface area contributed by atoms with E-state index >= 15 is 0 Å². The van der Waals surface area contributed by atoms with E-state index in [1.165, 1.54) is 37.3 Å². The van der Waals surface area contributed by atoms with Gasteiger partial charge in [0.2, 0.25) is 0 Å². The Balaban J connectivity index is 2.85. The number of benzene rings is 2. The molecule has 0 aliphatic heterocycles. The summed E-state index contributed by atoms with van der Waals surface area (Å²) in [7, 11) is 1.13. The lowest BCUT2D eigenvalue weighted by Gasteiger charge is -2.38. The second-order valence-corrected chi connectivity index (χ2v) is 5.35. The van der Waals surface area contributed by atoms with Crippen molar-refractivity contribution in [2.45, 2.75) is 24.6 Å². The first kappa shape index (κ1) is 18.2. The van der Waals surface area contributed by atoms with Crippen LogP contribution in [-0.2, 0) is 5.60 Å². The van der Waals surface area contributed by atoms with Crippen molar-refractivity contribution in [3.63, 3.8) is 0 Å². The molecule has 0 aliphatic carbocycles. The standard InChI is InChI=1S/C17H15F5O2/c1-11-6-5-7-12(10-11)15(23,16(18,19)17(20,21)22)13-8-3-4-9-14(13)24-2/h3-10,23H,1-2H3. The lowest BCUT2D eigenvalue weighted by molar-refractivity contribution is -0.336. The fourth-order valence-electron chi connectivity index (χ4n) is 2.52. The van der Waals surface area contributed by atoms with E-state index in [0.717, 1.165) is 25.3 Å². The van der Waals surface area contributed by atoms with Crippen molar-refractivity contribution in [3.8, 4) is 5.75 Å². The molecule has 2 aromatic carbocycles. The van der Waals surface area contributed by atoms with Crippen molar-refractivity contribution < 1.29 is 31.8 Å². The zero-order valence-electron chi connectivity index (χ0n) is 12.9. The Bertz CT molecular complexity index is 727. The molecule has 7 heteroatoms. The Morgan fingerprint density at radius 2 is 1.54 bits per heavy atom. The Hall–Kier alpha value is -2.15. The first-order valence-electron chi connectivity index (χ1n) is 6.93. The van der Waals surface area contributed by atoms with Crippen LogP contribution in [-0.4, -0.2) is 24.3 Å². The van der Waals surface area contributed by atoms with Gasteiger partial charge < -0.3 is 9.84 Å². The Kier molecular flexibility index (Phi) is 4.59. The third kappa shape index (κ3) is 2.73. The topological polar surface area (TPSA) is 29.5 Å². The van der Waals surface area contributed by atoms with E-state index in [-0.39, 0.29) is 5.75 Å². The van der Waals surface area contributed by atoms with Crippen LogP contribution in [0.15, 0.2) is 48.5 Å². The van der Waals surface area contributed by atoms with Crippen LogP contribution in [0.5, 0.6) is 5.75 Å². The molecule has 0 bridgehead atoms. The number of ether oxygens (including phenoxy) is 1. The molecule has 0 amide bonds. The number of hydrogen-bond acceptors (Lipinski definition) is 2. The summed E-state index contributed by atoms with van der Waals surface area (Å²) in [6.07, 6.45) is -5.97. The molecule has 0 fully saturated rings. The zero-order valence-corrected chi connectivity index (χ0v) is 12.9. The molecular weight excluding hydrogens is 331 g/mol. The maximum absolute atomic E-state index is 14.4. The van der Waals surface area contributed by atoms with Crippen molar-refractivity contribution in [1.29, 1.82) is 0 Å². The molecule has 0 aliphatic rings. The monoisotopic (exact) mass is 346 g/mol. The molecule has 0 heterocycles. The van der Waals surface area contributed by atoms with Crippen molar-refractivity contribution in [2.75, 3.05) is 7.11 Å². The molecule has 1 N–H and O–H groups in total. The highest BCUT2D eigenvalue weighted by Gasteiger charge is 2.71. The molecule has 0 saturated carbocycles. The number of aryl methyl sites for hydroxylation is 1. The smallest absolute Gasteiger partial charge is 0.457 e. The van der Waals surface area contributed by atoms with Crippen LogP contribution < -0.4 is 4.74 Å². The van der Waals surface area contributed by atoms with E-state index in [1.807, 2.05) is 0 Å². The number of hydrogen-bond donors (Lipinski definition) is 1. The van der Waals surface area contributed by atoms with Crippen molar-refractivity contribution in [1.82, 2.24) is 0 Å². The average Bonchev–Trinajstić information content (AvgIpc) is 2.52. The number of rotatable bonds is 4. The first-order valence-corrected chi connectivity index (χ1v) is 6.93. The lowest BCUT2D eigenvalue weighted by atomic mass is 9.79. The molecular formula is C17H15F5O2. The average molecular weight is 346 g/mol. The number of methoxy groups -OCH3 is 1. The van der Waals surface area contributed by atoms with Gasteiger partial charge in [0.05, 0.1) is 7.11 Å². The fourth-order valence-corrected chi connectivity index (χ4v) is 2.52. The highest BCUT2D eigenvalue weighted by atomic mass is 19.4. The third-order valence-corrected chi connectivity index (χ3v) is 3.74. The quantitative estimate of drug-likeness (QED) is 0.830. The Morgan fingerprint density at radius 3 is 2.08 bits per heavy atom. The van der Waals surface area contributed by atoms with Gasteiger partial charge in [-0.2, -0.15) is 22.0 Å². The molecule has 0 radical (unpaired) electrons. The number of halogens is 5. The van der Waals surface area contributed by atoms with Gasteiger partial charge in [-0.3, -0.25) is 0 Å². The summed E-state index contributed by atoms with van der Waals surface area (Å²) in [5, 5.41) is 10.7. The van der Waals surface area contributed by atoms with Crippen LogP contribution in [0, 0.1) is 6.92 Å². The molecule has 0 aromatic heterocycles. The van der Waals surface area contributed by atoms with Gasteiger partial charge in [0.25, 0.3) is 0 Å². The highest BCUT2D eigenvalue weighted by molar-refractivity contribution is 5.48. The SMILES string of the molecule is COc1ccccc1C(O)(c1cccc(C)c1)C(F)(F)C(F)(F)F. The number of alkyl halides is 5. The summed E-state index contributed by atoms with van der Waals surface area (Å²) in [4.78, 5) is 0. The fraction of sp³-hybridized carbons (Fsp3) is 0.294. The maximum atomic E-state index is 14.4. The van der Waals surface area contributed by atoms with Crippen molar-refractivity contribution in [2.24, 2.45) is 0 Å². The second kappa shape index (κ2) is 6.05. The van der Waals surface area contributed by atoms with Crippen LogP contribution in [0.1, 0.15) is 16.7 Å². The Labute approximate surface area is 135 Å². The van der Waals surface area contributed by atoms with E-state index in [4.69, 9.17) is 4.74 Å². The van der Waals surface area contributed by atoms with Gasteiger partial charge in [-0.1, -0.05) is 48.0 Å². The van der Waals surface area contributed by atoms with Gasteiger partial charge >= 0.3 is 12.1 Å². The van der Waals surface area contributed by atoms with E-state index in [0.29, 0.717) is 5.56 Å². The minimum atomic E-state index is -5.97. The lowest BCUT2D eigenvalue weighted by Crippen LogP contribution is -2.55. The highest BCUT2D eigenvalue weighted by Crippen LogP contribution is 2.53. The molecule has 2 rings (SSSR count). The maximum Gasteiger partial charge on any atom is 0.457 e. The molecule has 0 spiro atoms. The summed E-state index contributed by atoms with van der Waals surface area (Å²) < 4.78 is 72.9. The minimum Gasteiger partial charge on any atom is -0.496 e. The van der Waals surface area contributed by atoms with Gasteiger partial charge in [-0.15, -0.1) is 0 Å². The predicted molar refractivity (Wildman–Crippen MR) is 78.2 cm³/mol. The summed E-state index contributed by atoms with van der Waals surface area (Å²) >= 11 is 0. The van der Waals surface area contributed by atoms with E-state index in [1.54, 1.807) is 0 Å². The molecule has 2 nitrogen and oxygen atoms in total. The first-order chi connectivity index (χ1) is 11.1. The van der Waals surface area contributed by atoms with Crippen LogP contribution in [0.3, 0.4) is 0 Å². The van der Waals surface area contributed by atoms with E-state index < -0.39 is 28.8 Å². The normalized spacial score (nSPS) is 15.0. The molecule has 130 valence electrons. The minimum absolute atomic E-state index is 0.273. The van der Waals surface area contributed by atoms with Gasteiger partial charge in [-0.25, -0.2) is 0 Å². The number of para-hydroxylation sites is 1. The van der Waals surface area contributed by atoms with Gasteiger partial charge in [-0.05, 0) is 18.6 Å². The van der Waals surface area contributed by atoms with Crippen molar-refractivity contribution >= 4 is 0 Å². The van der Waals surface area contributed by atoms with E-state index in [2.05, 4.69) is 0 Å². The van der Waals surface area contributed by atoms with Crippen LogP contribution in [0.4, 0.5) is 22.0 Å². The van der Waals surface area contributed by atoms with Gasteiger partial charge in [0.1, 0.15) is 5.75 Å². The summed E-state index contributed by atoms with van der Waals surface area (Å²) in [6.45, 7) is 1.53. The van der Waals surface area contributed by atoms with Crippen LogP contribution in [0.25, 0.3) is 0 Å². The second-order valence-electron chi connectivity index (χ2n) is 5.35. The van der Waals surface area contributed by atoms with Crippen molar-refractivity contribution in [3.05, 3.63) is 65.2 Å². The summed E-state index contributed by atoms with van der Waals surface area (Å²) in [6, 6.07) is 9.81. The van der Waals surface area contributed by atoms with Crippen LogP contribution >= 0.6 is 0 Å². The molecule has 1 atom stereocenters. The summed E-state index contributed by atoms with van der Waals surface area (Å²) in [5.41, 5.74) is -4.45. The van der Waals surface area contributed by atoms with Gasteiger partial charge in [0.15, 0.2) is 5.60 Å². The Morgan fingerprint density at radius 1 is 0.917 bits per heavy atom. The largest absolute Gasteiger partial charge is 0.496 e. The molecule has 24 heavy (non-hydrogen) atoms. The summed E-state index contributed by atoms with van der Waals surface area (Å²) in [5.74, 6) is -5.71. The molecule has 2 aromatic rings. The zero-order chi connectivity index (χ0) is 18.2. The predicted octanol–water partition coefficient (Wildman–Crippen LogP) is 4.44. The van der Waals surface area contributed by atoms with Crippen LogP contribution in [0.2, 0.25) is 0 Å². The number of aliphatic hydroxyl groups is 1. The molecule has 1 unspecified atom stereocenters. The van der Waals surface area contributed by atoms with Gasteiger partial charge in [0, 0.05) is 5.56 Å². The van der Waals surface area contributed by atoms with E-state index in [9.17, 15) is 27.1 Å². The molecule has 0 saturated heterocycles.